The maximum atomic E-state index is 13.1. The number of amides is 3. The van der Waals surface area contributed by atoms with E-state index in [-0.39, 0.29) is 11.9 Å². The number of carbonyl (C=O) groups excluding carboxylic acids is 2. The lowest BCUT2D eigenvalue weighted by Crippen LogP contribution is -3.28. The summed E-state index contributed by atoms with van der Waals surface area (Å²) in [6.07, 6.45) is 5.97. The molecule has 3 fully saturated rings. The van der Waals surface area contributed by atoms with E-state index in [4.69, 9.17) is 4.74 Å². The monoisotopic (exact) mass is 402 g/mol. The molecule has 0 radical (unpaired) electrons. The van der Waals surface area contributed by atoms with Crippen molar-refractivity contribution in [3.63, 3.8) is 0 Å². The molecule has 7 heteroatoms. The summed E-state index contributed by atoms with van der Waals surface area (Å²) in [7, 11) is 1.69. The van der Waals surface area contributed by atoms with Gasteiger partial charge in [-0.3, -0.25) is 4.79 Å². The number of nitrogens with zero attached hydrogens (tertiary/aromatic N) is 1. The van der Waals surface area contributed by atoms with Crippen molar-refractivity contribution in [2.75, 3.05) is 40.0 Å². The van der Waals surface area contributed by atoms with Crippen molar-refractivity contribution in [3.05, 3.63) is 29.8 Å². The fourth-order valence-corrected chi connectivity index (χ4v) is 5.04. The Morgan fingerprint density at radius 3 is 2.21 bits per heavy atom. The van der Waals surface area contributed by atoms with Crippen LogP contribution in [-0.4, -0.2) is 62.3 Å². The van der Waals surface area contributed by atoms with E-state index in [0.29, 0.717) is 6.67 Å². The van der Waals surface area contributed by atoms with Crippen molar-refractivity contribution in [3.8, 4) is 5.75 Å². The Balaban J connectivity index is 1.29. The molecule has 29 heavy (non-hydrogen) atoms. The lowest BCUT2D eigenvalue weighted by Gasteiger charge is -2.31. The van der Waals surface area contributed by atoms with Crippen LogP contribution < -0.4 is 19.9 Å². The van der Waals surface area contributed by atoms with Crippen molar-refractivity contribution >= 4 is 11.9 Å². The normalized spacial score (nSPS) is 27.0. The van der Waals surface area contributed by atoms with E-state index in [0.717, 1.165) is 77.0 Å². The first-order valence-electron chi connectivity index (χ1n) is 11.0. The van der Waals surface area contributed by atoms with E-state index in [1.165, 1.54) is 15.4 Å². The number of hydrogen-bond acceptors (Lipinski definition) is 3. The topological polar surface area (TPSA) is 67.5 Å². The first-order valence-corrected chi connectivity index (χ1v) is 11.0. The zero-order valence-corrected chi connectivity index (χ0v) is 17.5. The van der Waals surface area contributed by atoms with E-state index in [9.17, 15) is 9.59 Å². The maximum absolute atomic E-state index is 13.1. The Morgan fingerprint density at radius 2 is 1.59 bits per heavy atom. The second-order valence-electron chi connectivity index (χ2n) is 8.84. The molecule has 3 aliphatic rings. The number of ether oxygens (including phenoxy) is 1. The molecule has 0 aromatic heterocycles. The van der Waals surface area contributed by atoms with Crippen molar-refractivity contribution < 1.29 is 24.1 Å². The van der Waals surface area contributed by atoms with E-state index in [2.05, 4.69) is 17.4 Å². The standard InChI is InChI=1S/C22H32N4O3/c1-29-19-8-6-18(7-9-19)16-24-12-14-25(15-13-24)17-26-20(27)22(23-21(26)28)10-4-2-3-5-11-22/h6-9H,2-5,10-17H2,1H3,(H,23,28)/p+2. The molecule has 1 aliphatic carbocycles. The zero-order chi connectivity index (χ0) is 20.3. The highest BCUT2D eigenvalue weighted by atomic mass is 16.5. The lowest BCUT2D eigenvalue weighted by molar-refractivity contribution is -1.02. The highest BCUT2D eigenvalue weighted by molar-refractivity contribution is 6.06. The van der Waals surface area contributed by atoms with E-state index in [1.807, 2.05) is 12.1 Å². The number of piperazine rings is 1. The third kappa shape index (κ3) is 4.41. The minimum atomic E-state index is -0.617. The molecule has 3 amide bonds. The molecule has 7 nitrogen and oxygen atoms in total. The van der Waals surface area contributed by atoms with Gasteiger partial charge in [-0.1, -0.05) is 25.7 Å². The molecule has 4 rings (SSSR count). The minimum Gasteiger partial charge on any atom is -0.497 e. The molecule has 1 saturated carbocycles. The summed E-state index contributed by atoms with van der Waals surface area (Å²) >= 11 is 0. The van der Waals surface area contributed by atoms with E-state index >= 15 is 0 Å². The number of urea groups is 1. The van der Waals surface area contributed by atoms with Crippen molar-refractivity contribution in [1.82, 2.24) is 10.2 Å². The van der Waals surface area contributed by atoms with Crippen LogP contribution >= 0.6 is 0 Å². The molecule has 2 aliphatic heterocycles. The third-order valence-electron chi connectivity index (χ3n) is 6.86. The minimum absolute atomic E-state index is 0.0184. The first-order chi connectivity index (χ1) is 14.1. The lowest BCUT2D eigenvalue weighted by atomic mass is 9.90. The SMILES string of the molecule is COc1ccc(C[NH+]2CC[NH+](CN3C(=O)NC4(CCCCCC4)C3=O)CC2)cc1. The molecule has 2 saturated heterocycles. The van der Waals surface area contributed by atoms with Gasteiger partial charge in [0.15, 0.2) is 6.67 Å². The van der Waals surface area contributed by atoms with Gasteiger partial charge in [0, 0.05) is 5.56 Å². The number of benzene rings is 1. The zero-order valence-electron chi connectivity index (χ0n) is 17.5. The Kier molecular flexibility index (Phi) is 6.06. The summed E-state index contributed by atoms with van der Waals surface area (Å²) in [5, 5.41) is 3.06. The largest absolute Gasteiger partial charge is 0.497 e. The summed E-state index contributed by atoms with van der Waals surface area (Å²) < 4.78 is 5.23. The van der Waals surface area contributed by atoms with Crippen LogP contribution in [-0.2, 0) is 11.3 Å². The van der Waals surface area contributed by atoms with Crippen molar-refractivity contribution in [2.45, 2.75) is 50.6 Å². The molecule has 0 atom stereocenters. The van der Waals surface area contributed by atoms with Crippen molar-refractivity contribution in [1.29, 1.82) is 0 Å². The average Bonchev–Trinajstić information content (AvgIpc) is 2.90. The predicted octanol–water partition coefficient (Wildman–Crippen LogP) is -0.419. The number of hydrogen-bond donors (Lipinski definition) is 3. The first kappa shape index (κ1) is 20.2. The summed E-state index contributed by atoms with van der Waals surface area (Å²) in [4.78, 5) is 30.0. The van der Waals surface area contributed by atoms with Gasteiger partial charge < -0.3 is 19.9 Å². The van der Waals surface area contributed by atoms with E-state index in [1.54, 1.807) is 12.0 Å². The summed E-state index contributed by atoms with van der Waals surface area (Å²) in [5.74, 6) is 0.905. The molecular weight excluding hydrogens is 368 g/mol. The molecule has 1 aromatic rings. The molecule has 1 aromatic carbocycles. The van der Waals surface area contributed by atoms with Gasteiger partial charge in [0.05, 0.1) is 7.11 Å². The molecule has 2 heterocycles. The molecule has 0 bridgehead atoms. The molecular formula is C22H34N4O3+2. The van der Waals surface area contributed by atoms with Crippen LogP contribution in [0.25, 0.3) is 0 Å². The summed E-state index contributed by atoms with van der Waals surface area (Å²) in [6, 6.07) is 8.10. The van der Waals surface area contributed by atoms with Gasteiger partial charge in [0.2, 0.25) is 0 Å². The third-order valence-corrected chi connectivity index (χ3v) is 6.86. The Hall–Kier alpha value is -2.12. The maximum Gasteiger partial charge on any atom is 0.329 e. The Labute approximate surface area is 173 Å². The second-order valence-corrected chi connectivity index (χ2v) is 8.84. The van der Waals surface area contributed by atoms with Crippen LogP contribution in [0, 0.1) is 0 Å². The highest BCUT2D eigenvalue weighted by Gasteiger charge is 2.51. The van der Waals surface area contributed by atoms with Crippen LogP contribution in [0.2, 0.25) is 0 Å². The predicted molar refractivity (Wildman–Crippen MR) is 109 cm³/mol. The number of carbonyl (C=O) groups is 2. The fourth-order valence-electron chi connectivity index (χ4n) is 5.04. The van der Waals surface area contributed by atoms with Gasteiger partial charge >= 0.3 is 6.03 Å². The Morgan fingerprint density at radius 1 is 0.966 bits per heavy atom. The van der Waals surface area contributed by atoms with Crippen LogP contribution in [0.15, 0.2) is 24.3 Å². The molecule has 0 unspecified atom stereocenters. The molecule has 3 N–H and O–H groups in total. The van der Waals surface area contributed by atoms with Gasteiger partial charge in [0.1, 0.15) is 44.0 Å². The number of quaternary nitrogens is 2. The summed E-state index contributed by atoms with van der Waals surface area (Å²) in [6.45, 7) is 5.57. The highest BCUT2D eigenvalue weighted by Crippen LogP contribution is 2.32. The average molecular weight is 403 g/mol. The van der Waals surface area contributed by atoms with Gasteiger partial charge in [-0.2, -0.15) is 0 Å². The number of nitrogens with one attached hydrogen (secondary N) is 3. The number of imide groups is 1. The van der Waals surface area contributed by atoms with Crippen LogP contribution in [0.5, 0.6) is 5.75 Å². The number of methoxy groups -OCH3 is 1. The van der Waals surface area contributed by atoms with Crippen LogP contribution in [0.1, 0.15) is 44.1 Å². The van der Waals surface area contributed by atoms with Gasteiger partial charge in [-0.15, -0.1) is 0 Å². The fraction of sp³-hybridized carbons (Fsp3) is 0.636. The van der Waals surface area contributed by atoms with E-state index < -0.39 is 5.54 Å². The molecule has 158 valence electrons. The Bertz CT molecular complexity index is 720. The molecule has 1 spiro atoms. The quantitative estimate of drug-likeness (QED) is 0.586. The summed E-state index contributed by atoms with van der Waals surface area (Å²) in [5.41, 5.74) is 0.697. The van der Waals surface area contributed by atoms with Gasteiger partial charge in [-0.25, -0.2) is 9.69 Å². The number of rotatable bonds is 5. The van der Waals surface area contributed by atoms with Crippen LogP contribution in [0.3, 0.4) is 0 Å². The second kappa shape index (κ2) is 8.71. The van der Waals surface area contributed by atoms with Gasteiger partial charge in [-0.05, 0) is 37.1 Å². The van der Waals surface area contributed by atoms with Crippen molar-refractivity contribution in [2.24, 2.45) is 0 Å². The van der Waals surface area contributed by atoms with Gasteiger partial charge in [0.25, 0.3) is 5.91 Å². The smallest absolute Gasteiger partial charge is 0.329 e. The van der Waals surface area contributed by atoms with Crippen LogP contribution in [0.4, 0.5) is 4.79 Å².